The Kier molecular flexibility index (Phi) is 8.01. The minimum atomic E-state index is -0.747. The van der Waals surface area contributed by atoms with Gasteiger partial charge in [-0.2, -0.15) is 0 Å². The number of esters is 1. The van der Waals surface area contributed by atoms with Crippen LogP contribution in [0.2, 0.25) is 0 Å². The molecule has 0 aromatic heterocycles. The van der Waals surface area contributed by atoms with Crippen LogP contribution in [0.5, 0.6) is 0 Å². The average molecular weight is 291 g/mol. The number of ether oxygens (including phenoxy) is 5. The number of hydrogen-bond acceptors (Lipinski definition) is 7. The molecule has 7 nitrogen and oxygen atoms in total. The smallest absolute Gasteiger partial charge is 0.315 e. The Hall–Kier alpha value is -0.730. The molecule has 0 spiro atoms. The van der Waals surface area contributed by atoms with Gasteiger partial charge in [0.05, 0.1) is 46.2 Å². The molecule has 2 unspecified atom stereocenters. The summed E-state index contributed by atoms with van der Waals surface area (Å²) in [6, 6.07) is -0.315. The molecule has 2 N–H and O–H groups in total. The van der Waals surface area contributed by atoms with E-state index in [0.29, 0.717) is 46.2 Å². The molecule has 0 aliphatic carbocycles. The number of rotatable bonds is 10. The van der Waals surface area contributed by atoms with Crippen molar-refractivity contribution in [3.8, 4) is 0 Å². The third-order valence-electron chi connectivity index (χ3n) is 3.25. The highest BCUT2D eigenvalue weighted by Crippen LogP contribution is 2.28. The zero-order valence-corrected chi connectivity index (χ0v) is 12.3. The van der Waals surface area contributed by atoms with Crippen molar-refractivity contribution in [2.75, 3.05) is 60.0 Å². The van der Waals surface area contributed by atoms with Gasteiger partial charge in [-0.25, -0.2) is 0 Å². The van der Waals surface area contributed by atoms with Crippen LogP contribution in [0.25, 0.3) is 0 Å². The molecule has 1 heterocycles. The fourth-order valence-corrected chi connectivity index (χ4v) is 1.72. The molecule has 0 aromatic carbocycles. The third-order valence-corrected chi connectivity index (χ3v) is 3.25. The lowest BCUT2D eigenvalue weighted by atomic mass is 9.86. The molecule has 0 amide bonds. The first-order valence-electron chi connectivity index (χ1n) is 6.76. The minimum Gasteiger partial charge on any atom is -0.463 e. The van der Waals surface area contributed by atoms with Gasteiger partial charge in [0.1, 0.15) is 12.0 Å². The first-order chi connectivity index (χ1) is 9.61. The highest BCUT2D eigenvalue weighted by atomic mass is 16.6. The van der Waals surface area contributed by atoms with Crippen LogP contribution >= 0.6 is 0 Å². The van der Waals surface area contributed by atoms with Crippen LogP contribution in [-0.2, 0) is 28.5 Å². The van der Waals surface area contributed by atoms with Crippen LogP contribution in [0.4, 0.5) is 0 Å². The molecule has 1 aliphatic rings. The Balaban J connectivity index is 2.00. The second-order valence-electron chi connectivity index (χ2n) is 4.89. The molecule has 0 aromatic rings. The van der Waals surface area contributed by atoms with Crippen molar-refractivity contribution in [2.24, 2.45) is 11.1 Å². The van der Waals surface area contributed by atoms with Crippen molar-refractivity contribution >= 4 is 5.97 Å². The van der Waals surface area contributed by atoms with Crippen molar-refractivity contribution in [1.82, 2.24) is 0 Å². The van der Waals surface area contributed by atoms with Crippen LogP contribution < -0.4 is 5.73 Å². The van der Waals surface area contributed by atoms with Gasteiger partial charge >= 0.3 is 5.97 Å². The summed E-state index contributed by atoms with van der Waals surface area (Å²) >= 11 is 0. The van der Waals surface area contributed by atoms with E-state index in [1.165, 1.54) is 0 Å². The van der Waals surface area contributed by atoms with Crippen LogP contribution in [0.3, 0.4) is 0 Å². The second-order valence-corrected chi connectivity index (χ2v) is 4.89. The van der Waals surface area contributed by atoms with Crippen LogP contribution in [0, 0.1) is 5.41 Å². The molecule has 20 heavy (non-hydrogen) atoms. The first-order valence-corrected chi connectivity index (χ1v) is 6.76. The van der Waals surface area contributed by atoms with Gasteiger partial charge in [0.25, 0.3) is 0 Å². The summed E-state index contributed by atoms with van der Waals surface area (Å²) in [6.45, 7) is 5.07. The molecule has 1 fully saturated rings. The summed E-state index contributed by atoms with van der Waals surface area (Å²) in [5, 5.41) is 0. The summed E-state index contributed by atoms with van der Waals surface area (Å²) < 4.78 is 25.7. The van der Waals surface area contributed by atoms with Gasteiger partial charge < -0.3 is 29.4 Å². The van der Waals surface area contributed by atoms with E-state index in [-0.39, 0.29) is 18.6 Å². The summed E-state index contributed by atoms with van der Waals surface area (Å²) in [7, 11) is 1.62. The van der Waals surface area contributed by atoms with E-state index in [9.17, 15) is 4.79 Å². The van der Waals surface area contributed by atoms with Crippen molar-refractivity contribution in [3.05, 3.63) is 0 Å². The maximum Gasteiger partial charge on any atom is 0.315 e. The van der Waals surface area contributed by atoms with Crippen LogP contribution in [0.15, 0.2) is 0 Å². The standard InChI is InChI=1S/C13H25NO6/c1-13(10-19-9-11(13)14)12(15)20-8-7-18-6-5-17-4-3-16-2/h11H,3-10,14H2,1-2H3. The number of nitrogens with two attached hydrogens (primary N) is 1. The molecule has 1 aliphatic heterocycles. The maximum atomic E-state index is 11.9. The van der Waals surface area contributed by atoms with Crippen molar-refractivity contribution in [3.63, 3.8) is 0 Å². The molecule has 118 valence electrons. The number of carbonyl (C=O) groups excluding carboxylic acids is 1. The Morgan fingerprint density at radius 1 is 1.20 bits per heavy atom. The van der Waals surface area contributed by atoms with Crippen molar-refractivity contribution in [2.45, 2.75) is 13.0 Å². The van der Waals surface area contributed by atoms with E-state index in [2.05, 4.69) is 0 Å². The molecule has 1 saturated heterocycles. The SMILES string of the molecule is COCCOCCOCCOC(=O)C1(C)COCC1N. The van der Waals surface area contributed by atoms with E-state index in [1.54, 1.807) is 14.0 Å². The fourth-order valence-electron chi connectivity index (χ4n) is 1.72. The maximum absolute atomic E-state index is 11.9. The highest BCUT2D eigenvalue weighted by Gasteiger charge is 2.45. The average Bonchev–Trinajstić information content (AvgIpc) is 2.78. The largest absolute Gasteiger partial charge is 0.463 e. The highest BCUT2D eigenvalue weighted by molar-refractivity contribution is 5.78. The van der Waals surface area contributed by atoms with Gasteiger partial charge in [-0.3, -0.25) is 4.79 Å². The van der Waals surface area contributed by atoms with Gasteiger partial charge in [-0.05, 0) is 6.92 Å². The normalized spacial score (nSPS) is 25.9. The zero-order chi connectivity index (χ0) is 14.8. The molecular formula is C13H25NO6. The van der Waals surface area contributed by atoms with Crippen LogP contribution in [-0.4, -0.2) is 72.0 Å². The summed E-state index contributed by atoms with van der Waals surface area (Å²) in [5.74, 6) is -0.331. The molecular weight excluding hydrogens is 266 g/mol. The topological polar surface area (TPSA) is 89.2 Å². The summed E-state index contributed by atoms with van der Waals surface area (Å²) in [5.41, 5.74) is 5.09. The number of carbonyl (C=O) groups is 1. The Labute approximate surface area is 119 Å². The van der Waals surface area contributed by atoms with Gasteiger partial charge in [-0.1, -0.05) is 0 Å². The predicted octanol–water partition coefficient (Wildman–Crippen LogP) is -0.427. The predicted molar refractivity (Wildman–Crippen MR) is 71.4 cm³/mol. The van der Waals surface area contributed by atoms with E-state index in [4.69, 9.17) is 29.4 Å². The van der Waals surface area contributed by atoms with Gasteiger partial charge in [0, 0.05) is 13.2 Å². The van der Waals surface area contributed by atoms with E-state index < -0.39 is 5.41 Å². The monoisotopic (exact) mass is 291 g/mol. The molecule has 7 heteroatoms. The van der Waals surface area contributed by atoms with Gasteiger partial charge in [-0.15, -0.1) is 0 Å². The zero-order valence-electron chi connectivity index (χ0n) is 12.3. The molecule has 0 bridgehead atoms. The van der Waals surface area contributed by atoms with Gasteiger partial charge in [0.2, 0.25) is 0 Å². The molecule has 0 radical (unpaired) electrons. The van der Waals surface area contributed by atoms with E-state index >= 15 is 0 Å². The second kappa shape index (κ2) is 9.25. The summed E-state index contributed by atoms with van der Waals surface area (Å²) in [4.78, 5) is 11.9. The molecule has 2 atom stereocenters. The Morgan fingerprint density at radius 2 is 1.80 bits per heavy atom. The first kappa shape index (κ1) is 17.3. The molecule has 0 saturated carbocycles. The Morgan fingerprint density at radius 3 is 2.35 bits per heavy atom. The fraction of sp³-hybridized carbons (Fsp3) is 0.923. The Bertz CT molecular complexity index is 288. The third kappa shape index (κ3) is 5.34. The van der Waals surface area contributed by atoms with Crippen molar-refractivity contribution in [1.29, 1.82) is 0 Å². The summed E-state index contributed by atoms with van der Waals surface area (Å²) in [6.07, 6.45) is 0. The number of hydrogen-bond donors (Lipinski definition) is 1. The number of methoxy groups -OCH3 is 1. The van der Waals surface area contributed by atoms with E-state index in [1.807, 2.05) is 0 Å². The quantitative estimate of drug-likeness (QED) is 0.431. The van der Waals surface area contributed by atoms with Crippen LogP contribution in [0.1, 0.15) is 6.92 Å². The lowest BCUT2D eigenvalue weighted by Crippen LogP contribution is -2.45. The lowest BCUT2D eigenvalue weighted by molar-refractivity contribution is -0.157. The minimum absolute atomic E-state index is 0.208. The molecule has 1 rings (SSSR count). The lowest BCUT2D eigenvalue weighted by Gasteiger charge is -2.24. The van der Waals surface area contributed by atoms with E-state index in [0.717, 1.165) is 0 Å². The van der Waals surface area contributed by atoms with Crippen molar-refractivity contribution < 1.29 is 28.5 Å². The van der Waals surface area contributed by atoms with Gasteiger partial charge in [0.15, 0.2) is 0 Å².